The van der Waals surface area contributed by atoms with Crippen LogP contribution in [0, 0.1) is 6.92 Å². The summed E-state index contributed by atoms with van der Waals surface area (Å²) in [5.41, 5.74) is 7.22. The van der Waals surface area contributed by atoms with E-state index in [1.54, 1.807) is 6.07 Å². The van der Waals surface area contributed by atoms with E-state index in [4.69, 9.17) is 5.73 Å². The van der Waals surface area contributed by atoms with Crippen molar-refractivity contribution >= 4 is 12.0 Å². The molecule has 1 heterocycles. The largest absolute Gasteiger partial charge is 0.398 e. The van der Waals surface area contributed by atoms with Crippen LogP contribution < -0.4 is 5.73 Å². The summed E-state index contributed by atoms with van der Waals surface area (Å²) in [5, 5.41) is 0. The number of nitrogens with zero attached hydrogens (tertiary/aromatic N) is 1. The topological polar surface area (TPSA) is 56.0 Å². The third-order valence-corrected chi connectivity index (χ3v) is 1.23. The van der Waals surface area contributed by atoms with Crippen LogP contribution in [0.15, 0.2) is 12.3 Å². The Morgan fingerprint density at radius 1 is 1.70 bits per heavy atom. The van der Waals surface area contributed by atoms with Crippen molar-refractivity contribution in [3.8, 4) is 0 Å². The third kappa shape index (κ3) is 1.13. The number of nitrogens with two attached hydrogens (primary N) is 1. The van der Waals surface area contributed by atoms with E-state index in [2.05, 4.69) is 4.98 Å². The minimum absolute atomic E-state index is 0.450. The maximum atomic E-state index is 10.2. The molecule has 0 bridgehead atoms. The van der Waals surface area contributed by atoms with Crippen molar-refractivity contribution in [2.24, 2.45) is 0 Å². The van der Waals surface area contributed by atoms with Crippen molar-refractivity contribution in [3.63, 3.8) is 0 Å². The molecule has 0 aromatic carbocycles. The van der Waals surface area contributed by atoms with Crippen LogP contribution >= 0.6 is 0 Å². The lowest BCUT2D eigenvalue weighted by atomic mass is 10.2. The van der Waals surface area contributed by atoms with Gasteiger partial charge in [-0.05, 0) is 13.0 Å². The molecule has 3 heteroatoms. The predicted molar refractivity (Wildman–Crippen MR) is 38.8 cm³/mol. The van der Waals surface area contributed by atoms with Crippen LogP contribution in [-0.2, 0) is 0 Å². The van der Waals surface area contributed by atoms with Crippen LogP contribution in [0.4, 0.5) is 5.69 Å². The maximum absolute atomic E-state index is 10.2. The highest BCUT2D eigenvalue weighted by atomic mass is 16.1. The van der Waals surface area contributed by atoms with Crippen LogP contribution in [0.2, 0.25) is 0 Å². The molecule has 0 atom stereocenters. The lowest BCUT2D eigenvalue weighted by Crippen LogP contribution is -1.94. The number of hydrogen-bond donors (Lipinski definition) is 1. The standard InChI is InChI=1S/C7H8N2O/c1-5-2-7(8)6(4-10)3-9-5/h2-4H,1H3,(H2,8,9). The van der Waals surface area contributed by atoms with Crippen LogP contribution in [0.25, 0.3) is 0 Å². The number of aldehydes is 1. The van der Waals surface area contributed by atoms with E-state index >= 15 is 0 Å². The predicted octanol–water partition coefficient (Wildman–Crippen LogP) is 0.785. The molecule has 1 rings (SSSR count). The third-order valence-electron chi connectivity index (χ3n) is 1.23. The normalized spacial score (nSPS) is 9.30. The van der Waals surface area contributed by atoms with E-state index in [1.165, 1.54) is 6.20 Å². The van der Waals surface area contributed by atoms with Gasteiger partial charge in [-0.1, -0.05) is 0 Å². The van der Waals surface area contributed by atoms with Gasteiger partial charge in [0, 0.05) is 17.6 Å². The monoisotopic (exact) mass is 136 g/mol. The molecular weight excluding hydrogens is 128 g/mol. The Hall–Kier alpha value is -1.38. The van der Waals surface area contributed by atoms with Crippen LogP contribution in [0.1, 0.15) is 16.1 Å². The van der Waals surface area contributed by atoms with Crippen molar-refractivity contribution in [2.45, 2.75) is 6.92 Å². The molecule has 3 nitrogen and oxygen atoms in total. The SMILES string of the molecule is Cc1cc(N)c(C=O)cn1. The number of aryl methyl sites for hydroxylation is 1. The number of nitrogen functional groups attached to an aromatic ring is 1. The van der Waals surface area contributed by atoms with E-state index in [0.29, 0.717) is 17.5 Å². The molecule has 1 aromatic heterocycles. The fourth-order valence-corrected chi connectivity index (χ4v) is 0.690. The number of carbonyl (C=O) groups excluding carboxylic acids is 1. The number of rotatable bonds is 1. The summed E-state index contributed by atoms with van der Waals surface area (Å²) in [7, 11) is 0. The van der Waals surface area contributed by atoms with E-state index in [9.17, 15) is 4.79 Å². The molecule has 2 N–H and O–H groups in total. The van der Waals surface area contributed by atoms with Crippen LogP contribution in [0.3, 0.4) is 0 Å². The zero-order valence-electron chi connectivity index (χ0n) is 5.66. The van der Waals surface area contributed by atoms with Crippen molar-refractivity contribution in [3.05, 3.63) is 23.5 Å². The van der Waals surface area contributed by atoms with Gasteiger partial charge in [0.2, 0.25) is 0 Å². The summed E-state index contributed by atoms with van der Waals surface area (Å²) in [6, 6.07) is 1.67. The van der Waals surface area contributed by atoms with E-state index in [-0.39, 0.29) is 0 Å². The van der Waals surface area contributed by atoms with E-state index in [0.717, 1.165) is 5.69 Å². The summed E-state index contributed by atoms with van der Waals surface area (Å²) in [6.45, 7) is 1.82. The second-order valence-corrected chi connectivity index (χ2v) is 2.07. The molecule has 0 saturated heterocycles. The molecule has 0 aliphatic rings. The fraction of sp³-hybridized carbons (Fsp3) is 0.143. The Morgan fingerprint density at radius 2 is 2.40 bits per heavy atom. The maximum Gasteiger partial charge on any atom is 0.153 e. The Bertz CT molecular complexity index is 258. The Balaban J connectivity index is 3.19. The lowest BCUT2D eigenvalue weighted by molar-refractivity contribution is 0.112. The highest BCUT2D eigenvalue weighted by molar-refractivity contribution is 5.82. The average molecular weight is 136 g/mol. The quantitative estimate of drug-likeness (QED) is 0.580. The smallest absolute Gasteiger partial charge is 0.153 e. The minimum atomic E-state index is 0.450. The molecular formula is C7H8N2O. The molecule has 0 aliphatic carbocycles. The molecule has 0 fully saturated rings. The first kappa shape index (κ1) is 6.74. The molecule has 0 aliphatic heterocycles. The van der Waals surface area contributed by atoms with E-state index < -0.39 is 0 Å². The first-order valence-corrected chi connectivity index (χ1v) is 2.91. The molecule has 0 amide bonds. The summed E-state index contributed by atoms with van der Waals surface area (Å²) in [5.74, 6) is 0. The van der Waals surface area contributed by atoms with Gasteiger partial charge in [0.05, 0.1) is 5.56 Å². The van der Waals surface area contributed by atoms with Crippen molar-refractivity contribution in [2.75, 3.05) is 5.73 Å². The second-order valence-electron chi connectivity index (χ2n) is 2.07. The Morgan fingerprint density at radius 3 is 2.90 bits per heavy atom. The van der Waals surface area contributed by atoms with E-state index in [1.807, 2.05) is 6.92 Å². The van der Waals surface area contributed by atoms with Gasteiger partial charge >= 0.3 is 0 Å². The van der Waals surface area contributed by atoms with Gasteiger partial charge in [-0.2, -0.15) is 0 Å². The fourth-order valence-electron chi connectivity index (χ4n) is 0.690. The average Bonchev–Trinajstić information content (AvgIpc) is 1.88. The summed E-state index contributed by atoms with van der Waals surface area (Å²) in [6.07, 6.45) is 2.17. The molecule has 0 radical (unpaired) electrons. The zero-order valence-corrected chi connectivity index (χ0v) is 5.66. The van der Waals surface area contributed by atoms with Gasteiger partial charge in [0.25, 0.3) is 0 Å². The number of anilines is 1. The van der Waals surface area contributed by atoms with Crippen molar-refractivity contribution in [1.82, 2.24) is 4.98 Å². The zero-order chi connectivity index (χ0) is 7.56. The van der Waals surface area contributed by atoms with Gasteiger partial charge in [-0.3, -0.25) is 9.78 Å². The van der Waals surface area contributed by atoms with Crippen molar-refractivity contribution < 1.29 is 4.79 Å². The van der Waals surface area contributed by atoms with Gasteiger partial charge in [0.1, 0.15) is 0 Å². The summed E-state index contributed by atoms with van der Waals surface area (Å²) < 4.78 is 0. The van der Waals surface area contributed by atoms with Gasteiger partial charge in [-0.15, -0.1) is 0 Å². The van der Waals surface area contributed by atoms with Gasteiger partial charge < -0.3 is 5.73 Å². The molecule has 0 saturated carbocycles. The first-order valence-electron chi connectivity index (χ1n) is 2.91. The summed E-state index contributed by atoms with van der Waals surface area (Å²) in [4.78, 5) is 14.1. The Kier molecular flexibility index (Phi) is 1.67. The molecule has 10 heavy (non-hydrogen) atoms. The number of pyridine rings is 1. The molecule has 0 spiro atoms. The highest BCUT2D eigenvalue weighted by Crippen LogP contribution is 2.07. The number of aromatic nitrogens is 1. The van der Waals surface area contributed by atoms with Gasteiger partial charge in [0.15, 0.2) is 6.29 Å². The lowest BCUT2D eigenvalue weighted by Gasteiger charge is -1.96. The first-order chi connectivity index (χ1) is 4.74. The molecule has 0 unspecified atom stereocenters. The highest BCUT2D eigenvalue weighted by Gasteiger charge is 1.96. The number of carbonyl (C=O) groups is 1. The van der Waals surface area contributed by atoms with Gasteiger partial charge in [-0.25, -0.2) is 0 Å². The summed E-state index contributed by atoms with van der Waals surface area (Å²) >= 11 is 0. The molecule has 52 valence electrons. The molecule has 1 aromatic rings. The Labute approximate surface area is 58.9 Å². The minimum Gasteiger partial charge on any atom is -0.398 e. The second kappa shape index (κ2) is 2.47. The van der Waals surface area contributed by atoms with Crippen LogP contribution in [-0.4, -0.2) is 11.3 Å². The number of hydrogen-bond acceptors (Lipinski definition) is 3. The van der Waals surface area contributed by atoms with Crippen LogP contribution in [0.5, 0.6) is 0 Å². The van der Waals surface area contributed by atoms with Crippen molar-refractivity contribution in [1.29, 1.82) is 0 Å².